The molecule has 0 aliphatic carbocycles. The molecule has 1 aromatic rings. The van der Waals surface area contributed by atoms with Gasteiger partial charge in [-0.1, -0.05) is 18.5 Å². The first-order valence-electron chi connectivity index (χ1n) is 8.07. The number of pyridine rings is 1. The molecule has 1 aliphatic heterocycles. The molecule has 0 radical (unpaired) electrons. The molecule has 2 heterocycles. The monoisotopic (exact) mass is 340 g/mol. The molecule has 1 fully saturated rings. The molecule has 23 heavy (non-hydrogen) atoms. The molecule has 2 N–H and O–H groups in total. The summed E-state index contributed by atoms with van der Waals surface area (Å²) in [6, 6.07) is 3.47. The number of halogens is 1. The molecule has 1 amide bonds. The molecule has 6 nitrogen and oxygen atoms in total. The van der Waals surface area contributed by atoms with Crippen LogP contribution in [-0.2, 0) is 4.79 Å². The number of hydrogen-bond donors (Lipinski definition) is 2. The zero-order chi connectivity index (χ0) is 16.8. The first-order chi connectivity index (χ1) is 11.1. The van der Waals surface area contributed by atoms with Gasteiger partial charge >= 0.3 is 0 Å². The van der Waals surface area contributed by atoms with Gasteiger partial charge in [0, 0.05) is 38.4 Å². The van der Waals surface area contributed by atoms with Crippen LogP contribution in [0.3, 0.4) is 0 Å². The first-order valence-corrected chi connectivity index (χ1v) is 8.45. The summed E-state index contributed by atoms with van der Waals surface area (Å²) >= 11 is 5.97. The lowest BCUT2D eigenvalue weighted by Crippen LogP contribution is -2.55. The van der Waals surface area contributed by atoms with Crippen LogP contribution in [0.25, 0.3) is 0 Å². The van der Waals surface area contributed by atoms with Crippen molar-refractivity contribution in [2.45, 2.75) is 32.4 Å². The summed E-state index contributed by atoms with van der Waals surface area (Å²) in [5, 5.41) is 12.5. The fourth-order valence-electron chi connectivity index (χ4n) is 2.87. The highest BCUT2D eigenvalue weighted by Crippen LogP contribution is 2.18. The minimum Gasteiger partial charge on any atom is -0.395 e. The van der Waals surface area contributed by atoms with E-state index in [-0.39, 0.29) is 24.6 Å². The lowest BCUT2D eigenvalue weighted by atomic mass is 10.1. The van der Waals surface area contributed by atoms with Crippen molar-refractivity contribution in [1.82, 2.24) is 14.8 Å². The molecular weight excluding hydrogens is 316 g/mol. The Hall–Kier alpha value is -1.21. The maximum Gasteiger partial charge on any atom is 0.241 e. The van der Waals surface area contributed by atoms with E-state index in [0.717, 1.165) is 32.6 Å². The Morgan fingerprint density at radius 1 is 1.39 bits per heavy atom. The number of rotatable bonds is 6. The van der Waals surface area contributed by atoms with Gasteiger partial charge in [0.2, 0.25) is 5.91 Å². The van der Waals surface area contributed by atoms with Crippen LogP contribution in [0.5, 0.6) is 0 Å². The number of anilines is 1. The Morgan fingerprint density at radius 2 is 2.04 bits per heavy atom. The summed E-state index contributed by atoms with van der Waals surface area (Å²) in [7, 11) is 0. The van der Waals surface area contributed by atoms with Crippen molar-refractivity contribution >= 4 is 23.2 Å². The molecule has 2 rings (SSSR count). The zero-order valence-corrected chi connectivity index (χ0v) is 14.5. The SMILES string of the molecule is CCC(CO)N1CCN(C(C)C(=O)Nc2cccnc2Cl)CC1. The van der Waals surface area contributed by atoms with Crippen molar-refractivity contribution < 1.29 is 9.90 Å². The Labute approximate surface area is 142 Å². The molecule has 1 aromatic heterocycles. The molecule has 128 valence electrons. The number of nitrogens with zero attached hydrogens (tertiary/aromatic N) is 3. The molecule has 2 unspecified atom stereocenters. The second-order valence-electron chi connectivity index (χ2n) is 5.82. The number of nitrogens with one attached hydrogen (secondary N) is 1. The van der Waals surface area contributed by atoms with E-state index in [1.54, 1.807) is 18.3 Å². The Balaban J connectivity index is 1.88. The van der Waals surface area contributed by atoms with Crippen molar-refractivity contribution in [1.29, 1.82) is 0 Å². The van der Waals surface area contributed by atoms with Gasteiger partial charge in [0.05, 0.1) is 18.3 Å². The van der Waals surface area contributed by atoms with Gasteiger partial charge in [-0.25, -0.2) is 4.98 Å². The number of aliphatic hydroxyl groups excluding tert-OH is 1. The smallest absolute Gasteiger partial charge is 0.241 e. The van der Waals surface area contributed by atoms with Gasteiger partial charge in [0.1, 0.15) is 0 Å². The van der Waals surface area contributed by atoms with Crippen LogP contribution < -0.4 is 5.32 Å². The third-order valence-electron chi connectivity index (χ3n) is 4.49. The Morgan fingerprint density at radius 3 is 2.61 bits per heavy atom. The van der Waals surface area contributed by atoms with Gasteiger partial charge < -0.3 is 10.4 Å². The van der Waals surface area contributed by atoms with Crippen LogP contribution in [0.15, 0.2) is 18.3 Å². The van der Waals surface area contributed by atoms with E-state index in [1.807, 2.05) is 6.92 Å². The van der Waals surface area contributed by atoms with Gasteiger partial charge in [-0.3, -0.25) is 14.6 Å². The molecule has 1 aliphatic rings. The van der Waals surface area contributed by atoms with E-state index in [1.165, 1.54) is 0 Å². The highest BCUT2D eigenvalue weighted by molar-refractivity contribution is 6.32. The van der Waals surface area contributed by atoms with E-state index < -0.39 is 0 Å². The highest BCUT2D eigenvalue weighted by Gasteiger charge is 2.28. The number of carbonyl (C=O) groups excluding carboxylic acids is 1. The molecular formula is C16H25ClN4O2. The predicted octanol–water partition coefficient (Wildman–Crippen LogP) is 1.45. The summed E-state index contributed by atoms with van der Waals surface area (Å²) in [4.78, 5) is 20.8. The average molecular weight is 341 g/mol. The van der Waals surface area contributed by atoms with Gasteiger partial charge in [-0.2, -0.15) is 0 Å². The van der Waals surface area contributed by atoms with Gasteiger partial charge in [0.25, 0.3) is 0 Å². The third kappa shape index (κ3) is 4.64. The number of hydrogen-bond acceptors (Lipinski definition) is 5. The topological polar surface area (TPSA) is 68.7 Å². The molecule has 7 heteroatoms. The molecule has 0 saturated carbocycles. The molecule has 0 spiro atoms. The zero-order valence-electron chi connectivity index (χ0n) is 13.7. The summed E-state index contributed by atoms with van der Waals surface area (Å²) in [6.07, 6.45) is 2.53. The number of aliphatic hydroxyl groups is 1. The quantitative estimate of drug-likeness (QED) is 0.767. The number of amides is 1. The number of aromatic nitrogens is 1. The fourth-order valence-corrected chi connectivity index (χ4v) is 3.04. The summed E-state index contributed by atoms with van der Waals surface area (Å²) in [5.74, 6) is -0.0810. The molecule has 2 atom stereocenters. The van der Waals surface area contributed by atoms with Crippen LogP contribution in [-0.4, -0.2) is 70.7 Å². The maximum absolute atomic E-state index is 12.4. The highest BCUT2D eigenvalue weighted by atomic mass is 35.5. The second-order valence-corrected chi connectivity index (χ2v) is 6.18. The summed E-state index contributed by atoms with van der Waals surface area (Å²) in [5.41, 5.74) is 0.538. The Kier molecular flexibility index (Phi) is 6.77. The molecule has 0 bridgehead atoms. The average Bonchev–Trinajstić information content (AvgIpc) is 2.58. The maximum atomic E-state index is 12.4. The van der Waals surface area contributed by atoms with Crippen molar-refractivity contribution in [3.8, 4) is 0 Å². The fraction of sp³-hybridized carbons (Fsp3) is 0.625. The van der Waals surface area contributed by atoms with E-state index in [2.05, 4.69) is 27.0 Å². The lowest BCUT2D eigenvalue weighted by Gasteiger charge is -2.40. The van der Waals surface area contributed by atoms with Gasteiger partial charge in [0.15, 0.2) is 5.15 Å². The summed E-state index contributed by atoms with van der Waals surface area (Å²) < 4.78 is 0. The number of piperazine rings is 1. The predicted molar refractivity (Wildman–Crippen MR) is 91.6 cm³/mol. The minimum atomic E-state index is -0.234. The molecule has 0 aromatic carbocycles. The largest absolute Gasteiger partial charge is 0.395 e. The van der Waals surface area contributed by atoms with Crippen molar-refractivity contribution in [3.05, 3.63) is 23.5 Å². The van der Waals surface area contributed by atoms with Crippen molar-refractivity contribution in [3.63, 3.8) is 0 Å². The second kappa shape index (κ2) is 8.59. The van der Waals surface area contributed by atoms with Gasteiger partial charge in [-0.05, 0) is 25.5 Å². The number of carbonyl (C=O) groups is 1. The lowest BCUT2D eigenvalue weighted by molar-refractivity contribution is -0.121. The van der Waals surface area contributed by atoms with E-state index in [9.17, 15) is 9.90 Å². The van der Waals surface area contributed by atoms with Crippen molar-refractivity contribution in [2.24, 2.45) is 0 Å². The third-order valence-corrected chi connectivity index (χ3v) is 4.79. The van der Waals surface area contributed by atoms with E-state index in [4.69, 9.17) is 11.6 Å². The van der Waals surface area contributed by atoms with Crippen LogP contribution in [0, 0.1) is 0 Å². The first kappa shape index (κ1) is 18.1. The summed E-state index contributed by atoms with van der Waals surface area (Å²) in [6.45, 7) is 7.53. The van der Waals surface area contributed by atoms with Crippen LogP contribution in [0.4, 0.5) is 5.69 Å². The van der Waals surface area contributed by atoms with E-state index in [0.29, 0.717) is 10.8 Å². The van der Waals surface area contributed by atoms with Crippen LogP contribution in [0.1, 0.15) is 20.3 Å². The Bertz CT molecular complexity index is 517. The molecule has 1 saturated heterocycles. The normalized spacial score (nSPS) is 19.3. The van der Waals surface area contributed by atoms with Crippen LogP contribution >= 0.6 is 11.6 Å². The standard InChI is InChI=1S/C16H25ClN4O2/c1-3-13(11-22)21-9-7-20(8-10-21)12(2)16(23)19-14-5-4-6-18-15(14)17/h4-6,12-13,22H,3,7-11H2,1-2H3,(H,19,23). The minimum absolute atomic E-state index is 0.0810. The van der Waals surface area contributed by atoms with E-state index >= 15 is 0 Å². The van der Waals surface area contributed by atoms with Gasteiger partial charge in [-0.15, -0.1) is 0 Å². The van der Waals surface area contributed by atoms with Crippen molar-refractivity contribution in [2.75, 3.05) is 38.1 Å². The van der Waals surface area contributed by atoms with Crippen LogP contribution in [0.2, 0.25) is 5.15 Å².